The number of aryl methyl sites for hydroxylation is 1. The lowest BCUT2D eigenvalue weighted by Crippen LogP contribution is -2.36. The van der Waals surface area contributed by atoms with Gasteiger partial charge in [0.25, 0.3) is 11.8 Å². The number of nitrogens with one attached hydrogen (secondary N) is 2. The number of likely N-dealkylation sites (tertiary alicyclic amines) is 1. The Bertz CT molecular complexity index is 1110. The van der Waals surface area contributed by atoms with Crippen molar-refractivity contribution < 1.29 is 14.4 Å². The molecule has 0 atom stereocenters. The van der Waals surface area contributed by atoms with Crippen LogP contribution >= 0.6 is 0 Å². The highest BCUT2D eigenvalue weighted by Gasteiger charge is 2.26. The minimum atomic E-state index is -0.536. The van der Waals surface area contributed by atoms with Crippen molar-refractivity contribution >= 4 is 23.3 Å². The van der Waals surface area contributed by atoms with E-state index in [1.54, 1.807) is 41.3 Å². The number of carbonyl (C=O) groups is 3. The molecule has 1 aromatic heterocycles. The van der Waals surface area contributed by atoms with Crippen LogP contribution in [0.2, 0.25) is 0 Å². The molecule has 4 rings (SSSR count). The van der Waals surface area contributed by atoms with Crippen LogP contribution in [0.25, 0.3) is 0 Å². The molecular weight excluding hydrogens is 392 g/mol. The first-order chi connectivity index (χ1) is 15.0. The van der Waals surface area contributed by atoms with Gasteiger partial charge >= 0.3 is 0 Å². The minimum Gasteiger partial charge on any atom is -0.340 e. The number of anilines is 1. The summed E-state index contributed by atoms with van der Waals surface area (Å²) in [5, 5.41) is 2.76. The molecule has 7 heteroatoms. The third-order valence-electron chi connectivity index (χ3n) is 5.45. The Morgan fingerprint density at radius 1 is 0.968 bits per heavy atom. The first-order valence-corrected chi connectivity index (χ1v) is 10.4. The second-order valence-corrected chi connectivity index (χ2v) is 7.67. The van der Waals surface area contributed by atoms with Crippen molar-refractivity contribution in [1.29, 1.82) is 0 Å². The molecule has 3 aromatic rings. The molecule has 2 aromatic carbocycles. The molecule has 158 valence electrons. The average Bonchev–Trinajstić information content (AvgIpc) is 3.30. The van der Waals surface area contributed by atoms with Crippen LogP contribution in [0.4, 0.5) is 5.69 Å². The van der Waals surface area contributed by atoms with E-state index in [1.165, 1.54) is 6.33 Å². The number of nitrogens with zero attached hydrogens (tertiary/aromatic N) is 2. The molecule has 2 heterocycles. The van der Waals surface area contributed by atoms with E-state index in [1.807, 2.05) is 19.1 Å². The normalized spacial score (nSPS) is 13.6. The second-order valence-electron chi connectivity index (χ2n) is 7.67. The van der Waals surface area contributed by atoms with Gasteiger partial charge in [-0.15, -0.1) is 0 Å². The Labute approximate surface area is 180 Å². The number of hydrogen-bond donors (Lipinski definition) is 2. The van der Waals surface area contributed by atoms with Crippen LogP contribution in [0.1, 0.15) is 61.7 Å². The van der Waals surface area contributed by atoms with Crippen LogP contribution < -0.4 is 5.32 Å². The Kier molecular flexibility index (Phi) is 5.93. The van der Waals surface area contributed by atoms with Crippen LogP contribution in [-0.2, 0) is 0 Å². The lowest BCUT2D eigenvalue weighted by molar-refractivity contribution is 0.0714. The zero-order chi connectivity index (χ0) is 21.8. The van der Waals surface area contributed by atoms with Gasteiger partial charge in [0.1, 0.15) is 5.69 Å². The number of H-pyrrole nitrogens is 1. The highest BCUT2D eigenvalue weighted by atomic mass is 16.2. The molecule has 0 aliphatic carbocycles. The number of imidazole rings is 1. The molecule has 1 saturated heterocycles. The molecule has 0 unspecified atom stereocenters. The van der Waals surface area contributed by atoms with Crippen LogP contribution in [-0.4, -0.2) is 45.6 Å². The van der Waals surface area contributed by atoms with E-state index in [9.17, 15) is 14.4 Å². The van der Waals surface area contributed by atoms with Crippen LogP contribution in [0.5, 0.6) is 0 Å². The lowest BCUT2D eigenvalue weighted by Gasteiger charge is -2.26. The van der Waals surface area contributed by atoms with Gasteiger partial charge in [-0.25, -0.2) is 4.98 Å². The van der Waals surface area contributed by atoms with Crippen LogP contribution in [0, 0.1) is 6.92 Å². The molecule has 0 bridgehead atoms. The highest BCUT2D eigenvalue weighted by molar-refractivity contribution is 6.16. The predicted octanol–water partition coefficient (Wildman–Crippen LogP) is 3.83. The van der Waals surface area contributed by atoms with E-state index in [2.05, 4.69) is 15.3 Å². The topological polar surface area (TPSA) is 95.2 Å². The first-order valence-electron chi connectivity index (χ1n) is 10.4. The van der Waals surface area contributed by atoms with Gasteiger partial charge in [-0.1, -0.05) is 42.0 Å². The Balaban J connectivity index is 1.57. The average molecular weight is 416 g/mol. The molecular formula is C24H24N4O3. The summed E-state index contributed by atoms with van der Waals surface area (Å²) < 4.78 is 0. The summed E-state index contributed by atoms with van der Waals surface area (Å²) in [5.74, 6) is -0.959. The summed E-state index contributed by atoms with van der Waals surface area (Å²) in [7, 11) is 0. The number of benzene rings is 2. The number of rotatable bonds is 5. The second kappa shape index (κ2) is 8.95. The molecule has 1 fully saturated rings. The molecule has 0 saturated carbocycles. The van der Waals surface area contributed by atoms with Crippen molar-refractivity contribution in [3.05, 3.63) is 82.9 Å². The van der Waals surface area contributed by atoms with Crippen molar-refractivity contribution in [2.24, 2.45) is 0 Å². The minimum absolute atomic E-state index is 0.0214. The highest BCUT2D eigenvalue weighted by Crippen LogP contribution is 2.21. The summed E-state index contributed by atoms with van der Waals surface area (Å²) in [4.78, 5) is 47.4. The van der Waals surface area contributed by atoms with Gasteiger partial charge in [0.15, 0.2) is 11.5 Å². The standard InChI is InChI=1S/C24H24N4O3/c1-16-9-11-17(12-10-16)22(29)18-7-3-4-8-19(18)27-23(30)20-21(26-15-25-20)24(31)28-13-5-2-6-14-28/h3-4,7-12,15H,2,5-6,13-14H2,1H3,(H,25,26)(H,27,30). The summed E-state index contributed by atoms with van der Waals surface area (Å²) in [6, 6.07) is 14.1. The number of amides is 2. The van der Waals surface area contributed by atoms with E-state index in [0.717, 1.165) is 24.8 Å². The molecule has 0 spiro atoms. The number of aromatic amines is 1. The fourth-order valence-corrected chi connectivity index (χ4v) is 3.72. The number of aromatic nitrogens is 2. The molecule has 0 radical (unpaired) electrons. The molecule has 2 amide bonds. The van der Waals surface area contributed by atoms with Gasteiger partial charge in [-0.05, 0) is 38.3 Å². The van der Waals surface area contributed by atoms with Gasteiger partial charge in [0.2, 0.25) is 0 Å². The van der Waals surface area contributed by atoms with E-state index in [4.69, 9.17) is 0 Å². The monoisotopic (exact) mass is 416 g/mol. The van der Waals surface area contributed by atoms with Crippen LogP contribution in [0.15, 0.2) is 54.9 Å². The lowest BCUT2D eigenvalue weighted by atomic mass is 10.0. The van der Waals surface area contributed by atoms with Gasteiger partial charge in [-0.3, -0.25) is 14.4 Å². The maximum absolute atomic E-state index is 13.0. The van der Waals surface area contributed by atoms with E-state index < -0.39 is 5.91 Å². The quantitative estimate of drug-likeness (QED) is 0.618. The van der Waals surface area contributed by atoms with E-state index in [0.29, 0.717) is 29.9 Å². The number of ketones is 1. The Morgan fingerprint density at radius 3 is 2.42 bits per heavy atom. The van der Waals surface area contributed by atoms with Gasteiger partial charge in [0, 0.05) is 24.2 Å². The number of carbonyl (C=O) groups excluding carboxylic acids is 3. The number of piperidine rings is 1. The maximum Gasteiger partial charge on any atom is 0.276 e. The molecule has 7 nitrogen and oxygen atoms in total. The van der Waals surface area contributed by atoms with Crippen molar-refractivity contribution in [2.75, 3.05) is 18.4 Å². The number of hydrogen-bond acceptors (Lipinski definition) is 4. The molecule has 2 N–H and O–H groups in total. The van der Waals surface area contributed by atoms with Crippen molar-refractivity contribution in [1.82, 2.24) is 14.9 Å². The zero-order valence-corrected chi connectivity index (χ0v) is 17.4. The summed E-state index contributed by atoms with van der Waals surface area (Å²) in [5.41, 5.74) is 2.53. The van der Waals surface area contributed by atoms with Gasteiger partial charge in [-0.2, -0.15) is 0 Å². The smallest absolute Gasteiger partial charge is 0.276 e. The van der Waals surface area contributed by atoms with Crippen LogP contribution in [0.3, 0.4) is 0 Å². The largest absolute Gasteiger partial charge is 0.340 e. The predicted molar refractivity (Wildman–Crippen MR) is 117 cm³/mol. The SMILES string of the molecule is Cc1ccc(C(=O)c2ccccc2NC(=O)c2nc[nH]c2C(=O)N2CCCCC2)cc1. The van der Waals surface area contributed by atoms with Crippen molar-refractivity contribution in [3.63, 3.8) is 0 Å². The molecule has 1 aliphatic heterocycles. The fraction of sp³-hybridized carbons (Fsp3) is 0.250. The first kappa shape index (κ1) is 20.5. The summed E-state index contributed by atoms with van der Waals surface area (Å²) in [6.07, 6.45) is 4.35. The molecule has 1 aliphatic rings. The van der Waals surface area contributed by atoms with E-state index >= 15 is 0 Å². The Morgan fingerprint density at radius 2 is 1.68 bits per heavy atom. The molecule has 31 heavy (non-hydrogen) atoms. The summed E-state index contributed by atoms with van der Waals surface area (Å²) in [6.45, 7) is 3.30. The number of para-hydroxylation sites is 1. The van der Waals surface area contributed by atoms with Crippen molar-refractivity contribution in [2.45, 2.75) is 26.2 Å². The Hall–Kier alpha value is -3.74. The van der Waals surface area contributed by atoms with Gasteiger partial charge < -0.3 is 15.2 Å². The fourth-order valence-electron chi connectivity index (χ4n) is 3.72. The van der Waals surface area contributed by atoms with E-state index in [-0.39, 0.29) is 23.1 Å². The third-order valence-corrected chi connectivity index (χ3v) is 5.45. The van der Waals surface area contributed by atoms with Crippen molar-refractivity contribution in [3.8, 4) is 0 Å². The maximum atomic E-state index is 13.0. The zero-order valence-electron chi connectivity index (χ0n) is 17.4. The third kappa shape index (κ3) is 4.40. The van der Waals surface area contributed by atoms with Gasteiger partial charge in [0.05, 0.1) is 12.0 Å². The summed E-state index contributed by atoms with van der Waals surface area (Å²) >= 11 is 0.